The molecule has 1 aliphatic heterocycles. The average Bonchev–Trinajstić information content (AvgIpc) is 2.93. The van der Waals surface area contributed by atoms with Gasteiger partial charge in [-0.2, -0.15) is 0 Å². The molecule has 0 saturated heterocycles. The van der Waals surface area contributed by atoms with E-state index >= 15 is 0 Å². The van der Waals surface area contributed by atoms with Crippen molar-refractivity contribution in [3.05, 3.63) is 58.1 Å². The van der Waals surface area contributed by atoms with E-state index in [-0.39, 0.29) is 29.7 Å². The third-order valence-corrected chi connectivity index (χ3v) is 4.32. The van der Waals surface area contributed by atoms with Gasteiger partial charge in [0.05, 0.1) is 18.1 Å². The topological polar surface area (TPSA) is 112 Å². The first-order chi connectivity index (χ1) is 13.6. The van der Waals surface area contributed by atoms with E-state index in [1.165, 1.54) is 12.1 Å². The Bertz CT molecular complexity index is 843. The average molecular weight is 512 g/mol. The molecule has 2 aromatic rings. The molecule has 1 heterocycles. The number of nitro groups is 1. The predicted octanol–water partition coefficient (Wildman–Crippen LogP) is 4.12. The molecule has 0 aromatic heterocycles. The van der Waals surface area contributed by atoms with Crippen LogP contribution < -0.4 is 20.5 Å². The van der Waals surface area contributed by atoms with Crippen LogP contribution in [-0.2, 0) is 6.42 Å². The Hall–Kier alpha value is -2.56. The summed E-state index contributed by atoms with van der Waals surface area (Å²) in [4.78, 5) is 14.6. The van der Waals surface area contributed by atoms with Crippen molar-refractivity contribution in [1.82, 2.24) is 0 Å². The van der Waals surface area contributed by atoms with E-state index in [1.807, 2.05) is 18.2 Å². The molecular formula is C20H25IN4O4. The Kier molecular flexibility index (Phi) is 8.97. The van der Waals surface area contributed by atoms with Gasteiger partial charge in [-0.3, -0.25) is 15.1 Å². The van der Waals surface area contributed by atoms with Crippen LogP contribution in [0.1, 0.15) is 24.8 Å². The molecule has 0 aliphatic carbocycles. The minimum Gasteiger partial charge on any atom is -0.490 e. The van der Waals surface area contributed by atoms with Crippen LogP contribution in [0.5, 0.6) is 11.5 Å². The molecule has 0 amide bonds. The number of anilines is 1. The standard InChI is InChI=1S/C20H24N4O4.HI/c21-20(23-16-7-10-18-19(14-16)28-13-3-12-27-18)22-11-2-1-4-15-5-8-17(9-6-15)24(25)26;/h5-10,14H,1-4,11-13H2,(H3,21,22,23);1H. The first-order valence-corrected chi connectivity index (χ1v) is 9.32. The number of guanidine groups is 1. The van der Waals surface area contributed by atoms with Gasteiger partial charge in [-0.1, -0.05) is 12.1 Å². The van der Waals surface area contributed by atoms with E-state index < -0.39 is 4.92 Å². The number of nitrogens with zero attached hydrogens (tertiary/aromatic N) is 2. The number of nitro benzene ring substituents is 1. The monoisotopic (exact) mass is 512 g/mol. The maximum atomic E-state index is 10.7. The SMILES string of the molecule is I.NC(=NCCCCc1ccc([N+](=O)[O-])cc1)Nc1ccc2c(c1)OCCCO2. The van der Waals surface area contributed by atoms with Crippen LogP contribution in [-0.4, -0.2) is 30.6 Å². The molecule has 0 radical (unpaired) electrons. The first-order valence-electron chi connectivity index (χ1n) is 9.32. The van der Waals surface area contributed by atoms with Gasteiger partial charge in [0.15, 0.2) is 17.5 Å². The van der Waals surface area contributed by atoms with Crippen molar-refractivity contribution in [1.29, 1.82) is 0 Å². The Morgan fingerprint density at radius 2 is 1.83 bits per heavy atom. The first kappa shape index (κ1) is 22.7. The second-order valence-electron chi connectivity index (χ2n) is 6.48. The molecule has 0 fully saturated rings. The fourth-order valence-electron chi connectivity index (χ4n) is 2.85. The molecule has 0 atom stereocenters. The van der Waals surface area contributed by atoms with Crippen LogP contribution in [0.15, 0.2) is 47.5 Å². The van der Waals surface area contributed by atoms with Crippen LogP contribution in [0.2, 0.25) is 0 Å². The molecule has 1 aliphatic rings. The number of halogens is 1. The number of benzene rings is 2. The van der Waals surface area contributed by atoms with E-state index in [0.29, 0.717) is 31.5 Å². The van der Waals surface area contributed by atoms with Gasteiger partial charge in [0, 0.05) is 36.9 Å². The summed E-state index contributed by atoms with van der Waals surface area (Å²) in [5, 5.41) is 13.7. The zero-order chi connectivity index (χ0) is 19.8. The fourth-order valence-corrected chi connectivity index (χ4v) is 2.85. The van der Waals surface area contributed by atoms with Crippen molar-refractivity contribution < 1.29 is 14.4 Å². The summed E-state index contributed by atoms with van der Waals surface area (Å²) in [5.41, 5.74) is 7.95. The smallest absolute Gasteiger partial charge is 0.269 e. The lowest BCUT2D eigenvalue weighted by molar-refractivity contribution is -0.384. The van der Waals surface area contributed by atoms with Crippen LogP contribution in [0.25, 0.3) is 0 Å². The lowest BCUT2D eigenvalue weighted by Gasteiger charge is -2.10. The van der Waals surface area contributed by atoms with Crippen LogP contribution in [0, 0.1) is 10.1 Å². The van der Waals surface area contributed by atoms with Crippen LogP contribution >= 0.6 is 24.0 Å². The molecule has 3 rings (SSSR count). The quantitative estimate of drug-likeness (QED) is 0.144. The summed E-state index contributed by atoms with van der Waals surface area (Å²) in [5.74, 6) is 1.80. The molecule has 29 heavy (non-hydrogen) atoms. The highest BCUT2D eigenvalue weighted by molar-refractivity contribution is 14.0. The van der Waals surface area contributed by atoms with E-state index in [4.69, 9.17) is 15.2 Å². The highest BCUT2D eigenvalue weighted by atomic mass is 127. The van der Waals surface area contributed by atoms with E-state index in [2.05, 4.69) is 10.3 Å². The lowest BCUT2D eigenvalue weighted by atomic mass is 10.1. The number of nitrogens with two attached hydrogens (primary N) is 1. The Morgan fingerprint density at radius 3 is 2.55 bits per heavy atom. The molecule has 9 heteroatoms. The molecule has 0 spiro atoms. The summed E-state index contributed by atoms with van der Waals surface area (Å²) in [6, 6.07) is 12.3. The van der Waals surface area contributed by atoms with Crippen molar-refractivity contribution in [2.45, 2.75) is 25.7 Å². The van der Waals surface area contributed by atoms with Gasteiger partial charge in [0.2, 0.25) is 0 Å². The number of hydrogen-bond donors (Lipinski definition) is 2. The number of aryl methyl sites for hydroxylation is 1. The maximum absolute atomic E-state index is 10.7. The molecule has 0 bridgehead atoms. The number of rotatable bonds is 7. The van der Waals surface area contributed by atoms with E-state index in [1.54, 1.807) is 12.1 Å². The van der Waals surface area contributed by atoms with Crippen LogP contribution in [0.4, 0.5) is 11.4 Å². The number of fused-ring (bicyclic) bond motifs is 1. The van der Waals surface area contributed by atoms with Gasteiger partial charge in [-0.05, 0) is 37.0 Å². The number of non-ortho nitro benzene ring substituents is 1. The number of aliphatic imine (C=N–C) groups is 1. The van der Waals surface area contributed by atoms with E-state index in [0.717, 1.165) is 42.7 Å². The third-order valence-electron chi connectivity index (χ3n) is 4.32. The molecule has 0 unspecified atom stereocenters. The zero-order valence-corrected chi connectivity index (χ0v) is 18.3. The minimum atomic E-state index is -0.391. The molecule has 2 aromatic carbocycles. The van der Waals surface area contributed by atoms with Crippen molar-refractivity contribution in [3.63, 3.8) is 0 Å². The number of unbranched alkanes of at least 4 members (excludes halogenated alkanes) is 1. The Balaban J connectivity index is 0.00000300. The second-order valence-corrected chi connectivity index (χ2v) is 6.48. The van der Waals surface area contributed by atoms with Gasteiger partial charge in [-0.15, -0.1) is 24.0 Å². The summed E-state index contributed by atoms with van der Waals surface area (Å²) in [6.45, 7) is 1.90. The number of ether oxygens (including phenoxy) is 2. The second kappa shape index (κ2) is 11.4. The predicted molar refractivity (Wildman–Crippen MR) is 124 cm³/mol. The Morgan fingerprint density at radius 1 is 1.10 bits per heavy atom. The zero-order valence-electron chi connectivity index (χ0n) is 16.0. The highest BCUT2D eigenvalue weighted by Crippen LogP contribution is 2.32. The van der Waals surface area contributed by atoms with Crippen molar-refractivity contribution >= 4 is 41.3 Å². The third kappa shape index (κ3) is 7.08. The van der Waals surface area contributed by atoms with Gasteiger partial charge >= 0.3 is 0 Å². The van der Waals surface area contributed by atoms with Gasteiger partial charge in [0.25, 0.3) is 5.69 Å². The maximum Gasteiger partial charge on any atom is 0.269 e. The molecular weight excluding hydrogens is 487 g/mol. The molecule has 8 nitrogen and oxygen atoms in total. The summed E-state index contributed by atoms with van der Waals surface area (Å²) < 4.78 is 11.3. The normalized spacial score (nSPS) is 13.2. The molecule has 3 N–H and O–H groups in total. The molecule has 0 saturated carbocycles. The number of hydrogen-bond acceptors (Lipinski definition) is 5. The minimum absolute atomic E-state index is 0. The number of nitrogens with one attached hydrogen (secondary N) is 1. The van der Waals surface area contributed by atoms with Crippen molar-refractivity contribution in [2.75, 3.05) is 25.1 Å². The van der Waals surface area contributed by atoms with Gasteiger partial charge < -0.3 is 20.5 Å². The largest absolute Gasteiger partial charge is 0.490 e. The van der Waals surface area contributed by atoms with E-state index in [9.17, 15) is 10.1 Å². The fraction of sp³-hybridized carbons (Fsp3) is 0.350. The van der Waals surface area contributed by atoms with Crippen LogP contribution in [0.3, 0.4) is 0 Å². The van der Waals surface area contributed by atoms with Gasteiger partial charge in [0.1, 0.15) is 0 Å². The van der Waals surface area contributed by atoms with Gasteiger partial charge in [-0.25, -0.2) is 0 Å². The summed E-state index contributed by atoms with van der Waals surface area (Å²) in [6.07, 6.45) is 3.52. The Labute approximate surface area is 186 Å². The van der Waals surface area contributed by atoms with Crippen molar-refractivity contribution in [2.24, 2.45) is 10.7 Å². The highest BCUT2D eigenvalue weighted by Gasteiger charge is 2.10. The summed E-state index contributed by atoms with van der Waals surface area (Å²) in [7, 11) is 0. The lowest BCUT2D eigenvalue weighted by Crippen LogP contribution is -2.22. The molecule has 156 valence electrons. The summed E-state index contributed by atoms with van der Waals surface area (Å²) >= 11 is 0. The van der Waals surface area contributed by atoms with Crippen molar-refractivity contribution in [3.8, 4) is 11.5 Å².